The van der Waals surface area contributed by atoms with Crippen LogP contribution < -0.4 is 0 Å². The molecule has 22 heavy (non-hydrogen) atoms. The maximum absolute atomic E-state index is 13.7. The van der Waals surface area contributed by atoms with Crippen molar-refractivity contribution < 1.29 is 14.0 Å². The molecule has 0 spiro atoms. The van der Waals surface area contributed by atoms with E-state index in [1.54, 1.807) is 36.7 Å². The molecule has 0 bridgehead atoms. The highest BCUT2D eigenvalue weighted by Crippen LogP contribution is 2.25. The number of amides is 2. The van der Waals surface area contributed by atoms with Gasteiger partial charge >= 0.3 is 0 Å². The van der Waals surface area contributed by atoms with E-state index >= 15 is 0 Å². The van der Waals surface area contributed by atoms with Crippen molar-refractivity contribution in [2.45, 2.75) is 19.4 Å². The molecule has 0 aliphatic carbocycles. The Morgan fingerprint density at radius 1 is 1.18 bits per heavy atom. The number of hydrogen-bond acceptors (Lipinski definition) is 3. The maximum Gasteiger partial charge on any atom is 0.233 e. The Morgan fingerprint density at radius 2 is 2.00 bits per heavy atom. The second kappa shape index (κ2) is 6.05. The van der Waals surface area contributed by atoms with Gasteiger partial charge in [-0.25, -0.2) is 4.39 Å². The molecule has 0 radical (unpaired) electrons. The van der Waals surface area contributed by atoms with Crippen LogP contribution in [-0.2, 0) is 22.6 Å². The highest BCUT2D eigenvalue weighted by Gasteiger charge is 2.38. The first-order chi connectivity index (χ1) is 10.6. The van der Waals surface area contributed by atoms with Crippen molar-refractivity contribution in [3.05, 3.63) is 65.7 Å². The smallest absolute Gasteiger partial charge is 0.233 e. The van der Waals surface area contributed by atoms with Crippen molar-refractivity contribution in [3.63, 3.8) is 0 Å². The van der Waals surface area contributed by atoms with Gasteiger partial charge in [-0.15, -0.1) is 0 Å². The van der Waals surface area contributed by atoms with Crippen LogP contribution in [0.15, 0.2) is 48.8 Å². The Hall–Kier alpha value is -2.56. The van der Waals surface area contributed by atoms with Gasteiger partial charge in [0.2, 0.25) is 11.8 Å². The number of rotatable bonds is 4. The number of imide groups is 1. The molecule has 1 aromatic heterocycles. The fraction of sp³-hybridized carbons (Fsp3) is 0.235. The highest BCUT2D eigenvalue weighted by atomic mass is 19.1. The first kappa shape index (κ1) is 14.4. The Bertz CT molecular complexity index is 703. The predicted octanol–water partition coefficient (Wildman–Crippen LogP) is 2.34. The van der Waals surface area contributed by atoms with Gasteiger partial charge in [-0.1, -0.05) is 24.3 Å². The molecule has 1 fully saturated rings. The Morgan fingerprint density at radius 3 is 2.73 bits per heavy atom. The van der Waals surface area contributed by atoms with Gasteiger partial charge in [-0.2, -0.15) is 0 Å². The van der Waals surface area contributed by atoms with Crippen LogP contribution in [0, 0.1) is 11.7 Å². The molecule has 112 valence electrons. The number of benzene rings is 1. The number of carbonyl (C=O) groups is 2. The fourth-order valence-electron chi connectivity index (χ4n) is 2.68. The van der Waals surface area contributed by atoms with Crippen LogP contribution in [0.3, 0.4) is 0 Å². The van der Waals surface area contributed by atoms with E-state index in [2.05, 4.69) is 4.98 Å². The topological polar surface area (TPSA) is 50.3 Å². The zero-order valence-corrected chi connectivity index (χ0v) is 11.9. The standard InChI is InChI=1S/C17H15FN2O2/c18-15-6-2-1-5-13(15)8-14-9-16(21)20(17(14)22)11-12-4-3-7-19-10-12/h1-7,10,14H,8-9,11H2. The monoisotopic (exact) mass is 298 g/mol. The molecule has 5 heteroatoms. The van der Waals surface area contributed by atoms with Crippen LogP contribution in [0.5, 0.6) is 0 Å². The zero-order chi connectivity index (χ0) is 15.5. The second-order valence-corrected chi connectivity index (χ2v) is 5.38. The predicted molar refractivity (Wildman–Crippen MR) is 78.0 cm³/mol. The van der Waals surface area contributed by atoms with Crippen molar-refractivity contribution in [3.8, 4) is 0 Å². The third-order valence-electron chi connectivity index (χ3n) is 3.82. The fourth-order valence-corrected chi connectivity index (χ4v) is 2.68. The van der Waals surface area contributed by atoms with Crippen molar-refractivity contribution >= 4 is 11.8 Å². The molecular weight excluding hydrogens is 283 g/mol. The van der Waals surface area contributed by atoms with Crippen LogP contribution in [-0.4, -0.2) is 21.7 Å². The molecule has 1 aliphatic rings. The average molecular weight is 298 g/mol. The van der Waals surface area contributed by atoms with Crippen LogP contribution in [0.2, 0.25) is 0 Å². The van der Waals surface area contributed by atoms with Crippen molar-refractivity contribution in [2.75, 3.05) is 0 Å². The molecule has 3 rings (SSSR count). The van der Waals surface area contributed by atoms with E-state index in [0.717, 1.165) is 5.56 Å². The number of nitrogens with zero attached hydrogens (tertiary/aromatic N) is 2. The molecule has 2 aromatic rings. The minimum Gasteiger partial charge on any atom is -0.278 e. The van der Waals surface area contributed by atoms with Crippen LogP contribution in [0.4, 0.5) is 4.39 Å². The minimum atomic E-state index is -0.485. The van der Waals surface area contributed by atoms with E-state index in [9.17, 15) is 14.0 Å². The summed E-state index contributed by atoms with van der Waals surface area (Å²) < 4.78 is 13.7. The van der Waals surface area contributed by atoms with Gasteiger partial charge in [0.1, 0.15) is 5.82 Å². The second-order valence-electron chi connectivity index (χ2n) is 5.38. The van der Waals surface area contributed by atoms with E-state index in [4.69, 9.17) is 0 Å². The first-order valence-corrected chi connectivity index (χ1v) is 7.11. The van der Waals surface area contributed by atoms with E-state index in [1.807, 2.05) is 6.07 Å². The molecule has 2 heterocycles. The summed E-state index contributed by atoms with van der Waals surface area (Å²) in [5.74, 6) is -1.28. The van der Waals surface area contributed by atoms with Crippen molar-refractivity contribution in [1.29, 1.82) is 0 Å². The van der Waals surface area contributed by atoms with Crippen molar-refractivity contribution in [1.82, 2.24) is 9.88 Å². The lowest BCUT2D eigenvalue weighted by atomic mass is 9.97. The molecule has 1 atom stereocenters. The van der Waals surface area contributed by atoms with Crippen LogP contribution in [0.25, 0.3) is 0 Å². The lowest BCUT2D eigenvalue weighted by Gasteiger charge is -2.15. The Balaban J connectivity index is 1.73. The normalized spacial score (nSPS) is 18.0. The Labute approximate surface area is 127 Å². The molecule has 1 unspecified atom stereocenters. The summed E-state index contributed by atoms with van der Waals surface area (Å²) in [7, 11) is 0. The highest BCUT2D eigenvalue weighted by molar-refractivity contribution is 6.03. The summed E-state index contributed by atoms with van der Waals surface area (Å²) in [6, 6.07) is 9.93. The SMILES string of the molecule is O=C1CC(Cc2ccccc2F)C(=O)N1Cc1cccnc1. The average Bonchev–Trinajstić information content (AvgIpc) is 2.78. The molecule has 0 N–H and O–H groups in total. The number of aromatic nitrogens is 1. The summed E-state index contributed by atoms with van der Waals surface area (Å²) in [4.78, 5) is 29.7. The van der Waals surface area contributed by atoms with Gasteiger partial charge in [-0.3, -0.25) is 19.5 Å². The van der Waals surface area contributed by atoms with E-state index in [-0.39, 0.29) is 37.0 Å². The lowest BCUT2D eigenvalue weighted by molar-refractivity contribution is -0.140. The molecule has 4 nitrogen and oxygen atoms in total. The summed E-state index contributed by atoms with van der Waals surface area (Å²) >= 11 is 0. The minimum absolute atomic E-state index is 0.132. The number of pyridine rings is 1. The summed E-state index contributed by atoms with van der Waals surface area (Å²) in [5.41, 5.74) is 1.27. The number of carbonyl (C=O) groups excluding carboxylic acids is 2. The van der Waals surface area contributed by atoms with Gasteiger partial charge in [0.05, 0.1) is 12.5 Å². The summed E-state index contributed by atoms with van der Waals surface area (Å²) in [6.45, 7) is 0.222. The number of halogens is 1. The van der Waals surface area contributed by atoms with Crippen molar-refractivity contribution in [2.24, 2.45) is 5.92 Å². The van der Waals surface area contributed by atoms with E-state index < -0.39 is 5.92 Å². The van der Waals surface area contributed by atoms with Crippen LogP contribution >= 0.6 is 0 Å². The first-order valence-electron chi connectivity index (χ1n) is 7.11. The van der Waals surface area contributed by atoms with Crippen LogP contribution in [0.1, 0.15) is 17.5 Å². The van der Waals surface area contributed by atoms with E-state index in [1.165, 1.54) is 11.0 Å². The third-order valence-corrected chi connectivity index (χ3v) is 3.82. The number of likely N-dealkylation sites (tertiary alicyclic amines) is 1. The Kier molecular flexibility index (Phi) is 3.96. The molecule has 1 saturated heterocycles. The molecular formula is C17H15FN2O2. The van der Waals surface area contributed by atoms with Gasteiger partial charge in [0, 0.05) is 18.8 Å². The molecule has 0 saturated carbocycles. The largest absolute Gasteiger partial charge is 0.278 e. The van der Waals surface area contributed by atoms with Gasteiger partial charge in [-0.05, 0) is 29.7 Å². The third kappa shape index (κ3) is 2.88. The quantitative estimate of drug-likeness (QED) is 0.814. The van der Waals surface area contributed by atoms with Gasteiger partial charge in [0.25, 0.3) is 0 Å². The molecule has 1 aromatic carbocycles. The zero-order valence-electron chi connectivity index (χ0n) is 11.9. The lowest BCUT2D eigenvalue weighted by Crippen LogP contribution is -2.30. The number of hydrogen-bond donors (Lipinski definition) is 0. The molecule has 2 amide bonds. The van der Waals surface area contributed by atoms with Gasteiger partial charge in [0.15, 0.2) is 0 Å². The summed E-state index contributed by atoms with van der Waals surface area (Å²) in [5, 5.41) is 0. The summed E-state index contributed by atoms with van der Waals surface area (Å²) in [6.07, 6.45) is 3.65. The molecule has 1 aliphatic heterocycles. The van der Waals surface area contributed by atoms with Gasteiger partial charge < -0.3 is 0 Å². The maximum atomic E-state index is 13.7. The van der Waals surface area contributed by atoms with E-state index in [0.29, 0.717) is 5.56 Å².